The fraction of sp³-hybridized carbons (Fsp3) is 0.200. The molecule has 1 saturated heterocycles. The zero-order chi connectivity index (χ0) is 16.5. The molecule has 0 bridgehead atoms. The maximum Gasteiger partial charge on any atom is 0.140 e. The SMILES string of the molecule is COC1CSC2C=Cc3ccc(/C=C/c4cccc(O)c4)cc3N12. The second kappa shape index (κ2) is 6.38. The van der Waals surface area contributed by atoms with E-state index in [1.54, 1.807) is 19.2 Å². The number of rotatable bonds is 3. The van der Waals surface area contributed by atoms with Crippen LogP contribution < -0.4 is 4.90 Å². The van der Waals surface area contributed by atoms with Crippen LogP contribution in [-0.2, 0) is 4.74 Å². The average molecular weight is 337 g/mol. The molecule has 2 aromatic rings. The summed E-state index contributed by atoms with van der Waals surface area (Å²) in [6.45, 7) is 0. The van der Waals surface area contributed by atoms with Gasteiger partial charge < -0.3 is 14.7 Å². The Kier molecular flexibility index (Phi) is 4.08. The smallest absolute Gasteiger partial charge is 0.140 e. The highest BCUT2D eigenvalue weighted by Gasteiger charge is 2.35. The lowest BCUT2D eigenvalue weighted by Gasteiger charge is -2.33. The number of aromatic hydroxyl groups is 1. The molecule has 2 aliphatic rings. The molecular weight excluding hydrogens is 318 g/mol. The van der Waals surface area contributed by atoms with Crippen molar-refractivity contribution in [3.05, 3.63) is 65.2 Å². The van der Waals surface area contributed by atoms with Crippen LogP contribution in [0.15, 0.2) is 48.5 Å². The fourth-order valence-corrected chi connectivity index (χ4v) is 4.42. The third-order valence-electron chi connectivity index (χ3n) is 4.38. The molecule has 2 unspecified atom stereocenters. The van der Waals surface area contributed by atoms with Crippen LogP contribution in [0.25, 0.3) is 18.2 Å². The number of nitrogens with zero attached hydrogens (tertiary/aromatic N) is 1. The summed E-state index contributed by atoms with van der Waals surface area (Å²) >= 11 is 1.91. The van der Waals surface area contributed by atoms with Crippen LogP contribution in [0.5, 0.6) is 5.75 Å². The molecule has 2 aromatic carbocycles. The fourth-order valence-electron chi connectivity index (χ4n) is 3.16. The first-order chi connectivity index (χ1) is 11.7. The van der Waals surface area contributed by atoms with E-state index in [-0.39, 0.29) is 12.0 Å². The maximum atomic E-state index is 9.56. The summed E-state index contributed by atoms with van der Waals surface area (Å²) in [5, 5.41) is 9.92. The van der Waals surface area contributed by atoms with Crippen LogP contribution in [0.1, 0.15) is 16.7 Å². The Labute approximate surface area is 146 Å². The van der Waals surface area contributed by atoms with Crippen molar-refractivity contribution < 1.29 is 9.84 Å². The van der Waals surface area contributed by atoms with Gasteiger partial charge in [-0.15, -0.1) is 11.8 Å². The summed E-state index contributed by atoms with van der Waals surface area (Å²) in [6.07, 6.45) is 8.66. The van der Waals surface area contributed by atoms with Gasteiger partial charge in [-0.05, 0) is 34.9 Å². The van der Waals surface area contributed by atoms with Crippen molar-refractivity contribution in [1.29, 1.82) is 0 Å². The van der Waals surface area contributed by atoms with Crippen molar-refractivity contribution in [2.45, 2.75) is 11.6 Å². The molecule has 4 rings (SSSR count). The van der Waals surface area contributed by atoms with E-state index in [2.05, 4.69) is 41.3 Å². The number of thioether (sulfide) groups is 1. The summed E-state index contributed by atoms with van der Waals surface area (Å²) in [7, 11) is 1.78. The van der Waals surface area contributed by atoms with E-state index in [1.165, 1.54) is 11.3 Å². The lowest BCUT2D eigenvalue weighted by atomic mass is 10.0. The van der Waals surface area contributed by atoms with Gasteiger partial charge in [-0.1, -0.05) is 48.6 Å². The molecule has 2 atom stereocenters. The normalized spacial score (nSPS) is 22.0. The van der Waals surface area contributed by atoms with Crippen LogP contribution >= 0.6 is 11.8 Å². The van der Waals surface area contributed by atoms with Gasteiger partial charge in [0, 0.05) is 18.6 Å². The minimum atomic E-state index is 0.119. The molecule has 24 heavy (non-hydrogen) atoms. The van der Waals surface area contributed by atoms with Crippen molar-refractivity contribution in [3.8, 4) is 5.75 Å². The van der Waals surface area contributed by atoms with E-state index in [4.69, 9.17) is 4.74 Å². The van der Waals surface area contributed by atoms with Crippen LogP contribution in [0.2, 0.25) is 0 Å². The van der Waals surface area contributed by atoms with Crippen LogP contribution in [0.3, 0.4) is 0 Å². The molecule has 122 valence electrons. The van der Waals surface area contributed by atoms with Gasteiger partial charge in [0.2, 0.25) is 0 Å². The number of hydrogen-bond acceptors (Lipinski definition) is 4. The molecule has 4 heteroatoms. The van der Waals surface area contributed by atoms with Gasteiger partial charge >= 0.3 is 0 Å². The lowest BCUT2D eigenvalue weighted by Crippen LogP contribution is -2.38. The molecule has 1 fully saturated rings. The summed E-state index contributed by atoms with van der Waals surface area (Å²) in [4.78, 5) is 2.35. The van der Waals surface area contributed by atoms with E-state index in [0.29, 0.717) is 5.37 Å². The minimum Gasteiger partial charge on any atom is -0.508 e. The third kappa shape index (κ3) is 2.83. The number of methoxy groups -OCH3 is 1. The number of benzene rings is 2. The number of hydrogen-bond donors (Lipinski definition) is 1. The topological polar surface area (TPSA) is 32.7 Å². The molecule has 0 radical (unpaired) electrons. The van der Waals surface area contributed by atoms with Crippen LogP contribution in [0.4, 0.5) is 5.69 Å². The molecule has 0 saturated carbocycles. The monoisotopic (exact) mass is 337 g/mol. The Morgan fingerprint density at radius 3 is 2.79 bits per heavy atom. The lowest BCUT2D eigenvalue weighted by molar-refractivity contribution is 0.123. The average Bonchev–Trinajstić information content (AvgIpc) is 3.03. The summed E-state index contributed by atoms with van der Waals surface area (Å²) in [5.41, 5.74) is 4.57. The maximum absolute atomic E-state index is 9.56. The molecule has 1 N–H and O–H groups in total. The van der Waals surface area contributed by atoms with Gasteiger partial charge in [0.05, 0.1) is 5.37 Å². The molecule has 0 aliphatic carbocycles. The Hall–Kier alpha value is -2.17. The van der Waals surface area contributed by atoms with Crippen molar-refractivity contribution in [3.63, 3.8) is 0 Å². The van der Waals surface area contributed by atoms with Crippen molar-refractivity contribution in [2.24, 2.45) is 0 Å². The second-order valence-electron chi connectivity index (χ2n) is 5.93. The Balaban J connectivity index is 1.65. The van der Waals surface area contributed by atoms with E-state index in [9.17, 15) is 5.11 Å². The first kappa shape index (κ1) is 15.4. The van der Waals surface area contributed by atoms with Gasteiger partial charge in [0.25, 0.3) is 0 Å². The van der Waals surface area contributed by atoms with Gasteiger partial charge in [-0.25, -0.2) is 0 Å². The van der Waals surface area contributed by atoms with Gasteiger partial charge in [0.15, 0.2) is 0 Å². The highest BCUT2D eigenvalue weighted by molar-refractivity contribution is 8.00. The van der Waals surface area contributed by atoms with Crippen LogP contribution in [0, 0.1) is 0 Å². The number of ether oxygens (including phenoxy) is 1. The molecular formula is C20H19NO2S. The number of phenols is 1. The second-order valence-corrected chi connectivity index (χ2v) is 7.08. The standard InChI is InChI=1S/C20H19NO2S/c1-23-19-13-24-20-10-9-16-8-7-15(12-18(16)21(19)20)6-5-14-3-2-4-17(22)11-14/h2-12,19-20,22H,13H2,1H3/b6-5+. The molecule has 0 spiro atoms. The van der Waals surface area contributed by atoms with E-state index in [1.807, 2.05) is 30.0 Å². The molecule has 2 heterocycles. The first-order valence-electron chi connectivity index (χ1n) is 7.97. The summed E-state index contributed by atoms with van der Waals surface area (Å²) < 4.78 is 5.65. The third-order valence-corrected chi connectivity index (χ3v) is 5.58. The molecule has 3 nitrogen and oxygen atoms in total. The van der Waals surface area contributed by atoms with Crippen LogP contribution in [-0.4, -0.2) is 29.6 Å². The van der Waals surface area contributed by atoms with E-state index < -0.39 is 0 Å². The number of fused-ring (bicyclic) bond motifs is 3. The largest absolute Gasteiger partial charge is 0.508 e. The van der Waals surface area contributed by atoms with Gasteiger partial charge in [0.1, 0.15) is 12.0 Å². The quantitative estimate of drug-likeness (QED) is 0.839. The molecule has 2 aliphatic heterocycles. The van der Waals surface area contributed by atoms with Gasteiger partial charge in [-0.2, -0.15) is 0 Å². The zero-order valence-corrected chi connectivity index (χ0v) is 14.2. The molecule has 0 amide bonds. The minimum absolute atomic E-state index is 0.119. The summed E-state index contributed by atoms with van der Waals surface area (Å²) in [5.74, 6) is 1.27. The Bertz CT molecular complexity index is 815. The Morgan fingerprint density at radius 1 is 1.17 bits per heavy atom. The van der Waals surface area contributed by atoms with Crippen molar-refractivity contribution >= 4 is 35.7 Å². The first-order valence-corrected chi connectivity index (χ1v) is 9.01. The predicted molar refractivity (Wildman–Crippen MR) is 102 cm³/mol. The Morgan fingerprint density at radius 2 is 2.00 bits per heavy atom. The highest BCUT2D eigenvalue weighted by Crippen LogP contribution is 2.41. The summed E-state index contributed by atoms with van der Waals surface area (Å²) in [6, 6.07) is 13.7. The highest BCUT2D eigenvalue weighted by atomic mass is 32.2. The predicted octanol–water partition coefficient (Wildman–Crippen LogP) is 4.44. The number of phenolic OH excluding ortho intramolecular Hbond substituents is 1. The van der Waals surface area contributed by atoms with Gasteiger partial charge in [-0.3, -0.25) is 0 Å². The number of anilines is 1. The van der Waals surface area contributed by atoms with Crippen molar-refractivity contribution in [2.75, 3.05) is 17.8 Å². The zero-order valence-electron chi connectivity index (χ0n) is 13.4. The van der Waals surface area contributed by atoms with E-state index in [0.717, 1.165) is 16.9 Å². The van der Waals surface area contributed by atoms with Crippen molar-refractivity contribution in [1.82, 2.24) is 0 Å². The van der Waals surface area contributed by atoms with E-state index >= 15 is 0 Å². The molecule has 0 aromatic heterocycles.